The lowest BCUT2D eigenvalue weighted by Gasteiger charge is -2.10. The summed E-state index contributed by atoms with van der Waals surface area (Å²) in [7, 11) is 0. The Hall–Kier alpha value is -1.83. The van der Waals surface area contributed by atoms with Crippen LogP contribution in [-0.4, -0.2) is 30.3 Å². The number of carbonyl (C=O) groups is 1. The molecule has 1 aromatic rings. The maximum Gasteiger partial charge on any atom is 0.220 e. The highest BCUT2D eigenvalue weighted by atomic mass is 16.5. The molecule has 1 atom stereocenters. The molecule has 2 rings (SSSR count). The standard InChI is InChI=1S/C17H21NO3/c19-11-3-7-14-5-1-2-6-15(14)13-18-17(20)10-9-16-8-4-12-21-16/h1-2,5-6,16,19H,4,8-13H2,(H,18,20). The molecule has 1 heterocycles. The maximum absolute atomic E-state index is 11.9. The third kappa shape index (κ3) is 5.22. The monoisotopic (exact) mass is 287 g/mol. The molecule has 0 aliphatic carbocycles. The van der Waals surface area contributed by atoms with E-state index >= 15 is 0 Å². The summed E-state index contributed by atoms with van der Waals surface area (Å²) in [5.41, 5.74) is 1.80. The van der Waals surface area contributed by atoms with Crippen LogP contribution in [0.1, 0.15) is 36.8 Å². The number of carbonyl (C=O) groups excluding carboxylic acids is 1. The normalized spacial score (nSPS) is 17.1. The van der Waals surface area contributed by atoms with Gasteiger partial charge in [0.25, 0.3) is 0 Å². The molecule has 1 aliphatic rings. The molecule has 1 unspecified atom stereocenters. The molecule has 0 saturated carbocycles. The minimum absolute atomic E-state index is 0.0374. The predicted octanol–water partition coefficient (Wildman–Crippen LogP) is 1.61. The van der Waals surface area contributed by atoms with Crippen molar-refractivity contribution in [3.05, 3.63) is 35.4 Å². The molecule has 0 spiro atoms. The van der Waals surface area contributed by atoms with Gasteiger partial charge in [0.1, 0.15) is 6.61 Å². The molecule has 1 aromatic carbocycles. The molecule has 2 N–H and O–H groups in total. The fourth-order valence-electron chi connectivity index (χ4n) is 2.38. The van der Waals surface area contributed by atoms with E-state index < -0.39 is 0 Å². The van der Waals surface area contributed by atoms with E-state index in [0.29, 0.717) is 13.0 Å². The second-order valence-electron chi connectivity index (χ2n) is 5.07. The molecule has 0 bridgehead atoms. The Morgan fingerprint density at radius 1 is 1.43 bits per heavy atom. The zero-order chi connectivity index (χ0) is 14.9. The summed E-state index contributed by atoms with van der Waals surface area (Å²) in [5, 5.41) is 11.7. The Bertz CT molecular complexity index is 524. The average molecular weight is 287 g/mol. The highest BCUT2D eigenvalue weighted by Crippen LogP contribution is 2.16. The number of hydrogen-bond acceptors (Lipinski definition) is 3. The van der Waals surface area contributed by atoms with Crippen LogP contribution >= 0.6 is 0 Å². The Morgan fingerprint density at radius 3 is 3.05 bits per heavy atom. The van der Waals surface area contributed by atoms with Gasteiger partial charge >= 0.3 is 0 Å². The van der Waals surface area contributed by atoms with Crippen molar-refractivity contribution < 1.29 is 14.6 Å². The van der Waals surface area contributed by atoms with Gasteiger partial charge in [-0.15, -0.1) is 0 Å². The molecule has 4 heteroatoms. The summed E-state index contributed by atoms with van der Waals surface area (Å²) in [6.07, 6.45) is 3.70. The van der Waals surface area contributed by atoms with Crippen molar-refractivity contribution in [1.82, 2.24) is 5.32 Å². The number of amides is 1. The first-order valence-electron chi connectivity index (χ1n) is 7.35. The molecule has 0 aromatic heterocycles. The van der Waals surface area contributed by atoms with Gasteiger partial charge in [0.15, 0.2) is 0 Å². The fourth-order valence-corrected chi connectivity index (χ4v) is 2.38. The summed E-state index contributed by atoms with van der Waals surface area (Å²) in [6, 6.07) is 7.63. The van der Waals surface area contributed by atoms with Crippen molar-refractivity contribution in [3.8, 4) is 11.8 Å². The fraction of sp³-hybridized carbons (Fsp3) is 0.471. The quantitative estimate of drug-likeness (QED) is 0.809. The van der Waals surface area contributed by atoms with Gasteiger partial charge in [0.05, 0.1) is 6.10 Å². The zero-order valence-corrected chi connectivity index (χ0v) is 12.1. The van der Waals surface area contributed by atoms with E-state index in [0.717, 1.165) is 37.0 Å². The van der Waals surface area contributed by atoms with Crippen LogP contribution in [0.4, 0.5) is 0 Å². The minimum atomic E-state index is -0.165. The van der Waals surface area contributed by atoms with Crippen LogP contribution in [0, 0.1) is 11.8 Å². The molecule has 4 nitrogen and oxygen atoms in total. The van der Waals surface area contributed by atoms with Crippen molar-refractivity contribution in [1.29, 1.82) is 0 Å². The van der Waals surface area contributed by atoms with Gasteiger partial charge in [0, 0.05) is 25.1 Å². The van der Waals surface area contributed by atoms with Gasteiger partial charge in [-0.1, -0.05) is 30.0 Å². The first kappa shape index (κ1) is 15.6. The van der Waals surface area contributed by atoms with E-state index in [1.54, 1.807) is 0 Å². The summed E-state index contributed by atoms with van der Waals surface area (Å²) >= 11 is 0. The molecule has 1 fully saturated rings. The molecule has 1 saturated heterocycles. The van der Waals surface area contributed by atoms with Crippen molar-refractivity contribution in [2.75, 3.05) is 13.2 Å². The highest BCUT2D eigenvalue weighted by Gasteiger charge is 2.16. The van der Waals surface area contributed by atoms with Gasteiger partial charge in [0.2, 0.25) is 5.91 Å². The van der Waals surface area contributed by atoms with E-state index in [1.807, 2.05) is 24.3 Å². The largest absolute Gasteiger partial charge is 0.384 e. The lowest BCUT2D eigenvalue weighted by molar-refractivity contribution is -0.121. The van der Waals surface area contributed by atoms with Gasteiger partial charge in [-0.3, -0.25) is 4.79 Å². The lowest BCUT2D eigenvalue weighted by atomic mass is 10.1. The van der Waals surface area contributed by atoms with Crippen molar-refractivity contribution in [2.45, 2.75) is 38.3 Å². The number of aliphatic hydroxyl groups is 1. The highest BCUT2D eigenvalue weighted by molar-refractivity contribution is 5.76. The summed E-state index contributed by atoms with van der Waals surface area (Å²) in [5.74, 6) is 5.56. The second-order valence-corrected chi connectivity index (χ2v) is 5.07. The Morgan fingerprint density at radius 2 is 2.29 bits per heavy atom. The van der Waals surface area contributed by atoms with Gasteiger partial charge < -0.3 is 15.2 Å². The molecular weight excluding hydrogens is 266 g/mol. The van der Waals surface area contributed by atoms with E-state index in [-0.39, 0.29) is 18.6 Å². The molecule has 1 aliphatic heterocycles. The maximum atomic E-state index is 11.9. The van der Waals surface area contributed by atoms with Crippen molar-refractivity contribution in [2.24, 2.45) is 0 Å². The molecule has 0 radical (unpaired) electrons. The van der Waals surface area contributed by atoms with Crippen LogP contribution in [0.25, 0.3) is 0 Å². The van der Waals surface area contributed by atoms with Crippen molar-refractivity contribution >= 4 is 5.91 Å². The first-order valence-corrected chi connectivity index (χ1v) is 7.35. The van der Waals surface area contributed by atoms with Crippen LogP contribution in [0.15, 0.2) is 24.3 Å². The predicted molar refractivity (Wildman–Crippen MR) is 80.5 cm³/mol. The number of nitrogens with one attached hydrogen (secondary N) is 1. The van der Waals surface area contributed by atoms with Crippen LogP contribution < -0.4 is 5.32 Å². The number of aliphatic hydroxyl groups excluding tert-OH is 1. The van der Waals surface area contributed by atoms with Crippen molar-refractivity contribution in [3.63, 3.8) is 0 Å². The third-order valence-electron chi connectivity index (χ3n) is 3.51. The van der Waals surface area contributed by atoms with E-state index in [1.165, 1.54) is 0 Å². The summed E-state index contributed by atoms with van der Waals surface area (Å²) < 4.78 is 5.51. The van der Waals surface area contributed by atoms with E-state index in [2.05, 4.69) is 17.2 Å². The number of benzene rings is 1. The minimum Gasteiger partial charge on any atom is -0.384 e. The number of rotatable bonds is 5. The lowest BCUT2D eigenvalue weighted by Crippen LogP contribution is -2.24. The smallest absolute Gasteiger partial charge is 0.220 e. The summed E-state index contributed by atoms with van der Waals surface area (Å²) in [4.78, 5) is 11.9. The van der Waals surface area contributed by atoms with E-state index in [9.17, 15) is 4.79 Å². The van der Waals surface area contributed by atoms with Crippen LogP contribution in [0.5, 0.6) is 0 Å². The van der Waals surface area contributed by atoms with Crippen LogP contribution in [0.2, 0.25) is 0 Å². The van der Waals surface area contributed by atoms with Gasteiger partial charge in [-0.2, -0.15) is 0 Å². The second kappa shape index (κ2) is 8.46. The van der Waals surface area contributed by atoms with Gasteiger partial charge in [-0.25, -0.2) is 0 Å². The van der Waals surface area contributed by atoms with Crippen LogP contribution in [0.3, 0.4) is 0 Å². The SMILES string of the molecule is O=C(CCC1CCCO1)NCc1ccccc1C#CCO. The molecule has 1 amide bonds. The van der Waals surface area contributed by atoms with Crippen LogP contribution in [-0.2, 0) is 16.1 Å². The zero-order valence-electron chi connectivity index (χ0n) is 12.1. The molecule has 112 valence electrons. The third-order valence-corrected chi connectivity index (χ3v) is 3.51. The molecule has 21 heavy (non-hydrogen) atoms. The van der Waals surface area contributed by atoms with E-state index in [4.69, 9.17) is 9.84 Å². The Balaban J connectivity index is 1.80. The Labute approximate surface area is 125 Å². The van der Waals surface area contributed by atoms with Gasteiger partial charge in [-0.05, 0) is 30.9 Å². The summed E-state index contributed by atoms with van der Waals surface area (Å²) in [6.45, 7) is 1.12. The number of ether oxygens (including phenoxy) is 1. The topological polar surface area (TPSA) is 58.6 Å². The number of hydrogen-bond donors (Lipinski definition) is 2. The first-order chi connectivity index (χ1) is 10.3. The molecular formula is C17H21NO3. The Kier molecular flexibility index (Phi) is 6.26. The average Bonchev–Trinajstić information content (AvgIpc) is 3.03.